The van der Waals surface area contributed by atoms with Crippen molar-refractivity contribution in [2.24, 2.45) is 5.16 Å². The zero-order valence-corrected chi connectivity index (χ0v) is 8.77. The highest BCUT2D eigenvalue weighted by molar-refractivity contribution is 9.10. The molecule has 4 heteroatoms. The Bertz CT molecular complexity index is 496. The molecule has 1 N–H and O–H groups in total. The number of pyridine rings is 1. The molecule has 0 saturated carbocycles. The minimum absolute atomic E-state index is 0.847. The van der Waals surface area contributed by atoms with E-state index >= 15 is 0 Å². The molecule has 14 heavy (non-hydrogen) atoms. The average molecular weight is 251 g/mol. The van der Waals surface area contributed by atoms with E-state index in [-0.39, 0.29) is 0 Å². The Balaban J connectivity index is 2.63. The topological polar surface area (TPSA) is 45.5 Å². The van der Waals surface area contributed by atoms with E-state index < -0.39 is 0 Å². The van der Waals surface area contributed by atoms with Crippen molar-refractivity contribution in [3.05, 3.63) is 40.5 Å². The van der Waals surface area contributed by atoms with Gasteiger partial charge in [-0.3, -0.25) is 4.98 Å². The number of rotatable bonds is 1. The highest BCUT2D eigenvalue weighted by Gasteiger charge is 1.96. The Morgan fingerprint density at radius 3 is 3.00 bits per heavy atom. The molecule has 0 atom stereocenters. The van der Waals surface area contributed by atoms with Crippen molar-refractivity contribution in [2.75, 3.05) is 0 Å². The molecule has 1 heterocycles. The number of oxime groups is 1. The van der Waals surface area contributed by atoms with E-state index in [1.807, 2.05) is 24.3 Å². The van der Waals surface area contributed by atoms with Crippen LogP contribution in [0, 0.1) is 0 Å². The minimum atomic E-state index is 0.847. The first-order chi connectivity index (χ1) is 6.79. The van der Waals surface area contributed by atoms with Gasteiger partial charge in [-0.05, 0) is 39.7 Å². The molecule has 0 unspecified atom stereocenters. The number of fused-ring (bicyclic) bond motifs is 1. The van der Waals surface area contributed by atoms with Gasteiger partial charge < -0.3 is 5.21 Å². The van der Waals surface area contributed by atoms with Crippen LogP contribution in [0.3, 0.4) is 0 Å². The number of benzene rings is 1. The van der Waals surface area contributed by atoms with Gasteiger partial charge >= 0.3 is 0 Å². The summed E-state index contributed by atoms with van der Waals surface area (Å²) in [6, 6.07) is 7.62. The lowest BCUT2D eigenvalue weighted by Gasteiger charge is -1.98. The third-order valence-corrected chi connectivity index (χ3v) is 2.31. The van der Waals surface area contributed by atoms with Crippen LogP contribution in [0.2, 0.25) is 0 Å². The van der Waals surface area contributed by atoms with Crippen molar-refractivity contribution in [1.29, 1.82) is 0 Å². The zero-order chi connectivity index (χ0) is 9.97. The Morgan fingerprint density at radius 1 is 1.36 bits per heavy atom. The minimum Gasteiger partial charge on any atom is -0.411 e. The van der Waals surface area contributed by atoms with Crippen LogP contribution in [0.5, 0.6) is 0 Å². The average Bonchev–Trinajstić information content (AvgIpc) is 2.17. The summed E-state index contributed by atoms with van der Waals surface area (Å²) < 4.78 is 0.933. The number of hydrogen-bond acceptors (Lipinski definition) is 3. The normalized spacial score (nSPS) is 11.2. The summed E-state index contributed by atoms with van der Waals surface area (Å²) in [5, 5.41) is 12.4. The van der Waals surface area contributed by atoms with E-state index in [4.69, 9.17) is 5.21 Å². The van der Waals surface area contributed by atoms with Crippen molar-refractivity contribution < 1.29 is 5.21 Å². The van der Waals surface area contributed by atoms with Gasteiger partial charge in [-0.15, -0.1) is 0 Å². The van der Waals surface area contributed by atoms with Crippen LogP contribution < -0.4 is 0 Å². The second-order valence-corrected chi connectivity index (χ2v) is 3.77. The third-order valence-electron chi connectivity index (χ3n) is 1.88. The second-order valence-electron chi connectivity index (χ2n) is 2.85. The fourth-order valence-corrected chi connectivity index (χ4v) is 1.62. The first-order valence-electron chi connectivity index (χ1n) is 4.02. The van der Waals surface area contributed by atoms with Crippen LogP contribution in [0.15, 0.2) is 40.1 Å². The van der Waals surface area contributed by atoms with E-state index in [1.165, 1.54) is 6.21 Å². The smallest absolute Gasteiger partial charge is 0.0734 e. The van der Waals surface area contributed by atoms with Crippen molar-refractivity contribution >= 4 is 33.0 Å². The number of aromatic nitrogens is 1. The lowest BCUT2D eigenvalue weighted by atomic mass is 10.1. The van der Waals surface area contributed by atoms with Gasteiger partial charge in [0.25, 0.3) is 0 Å². The van der Waals surface area contributed by atoms with Crippen molar-refractivity contribution in [3.8, 4) is 0 Å². The van der Waals surface area contributed by atoms with E-state index in [0.717, 1.165) is 20.9 Å². The van der Waals surface area contributed by atoms with Crippen LogP contribution in [-0.4, -0.2) is 16.4 Å². The highest BCUT2D eigenvalue weighted by atomic mass is 79.9. The molecule has 70 valence electrons. The molecular weight excluding hydrogens is 244 g/mol. The SMILES string of the molecule is ON=Cc1ccc2ncc(Br)cc2c1. The Hall–Kier alpha value is -1.42. The summed E-state index contributed by atoms with van der Waals surface area (Å²) in [4.78, 5) is 4.23. The standard InChI is InChI=1S/C10H7BrN2O/c11-9-4-8-3-7(5-13-14)1-2-10(8)12-6-9/h1-6,14H. The largest absolute Gasteiger partial charge is 0.411 e. The fourth-order valence-electron chi connectivity index (χ4n) is 1.27. The number of nitrogens with zero attached hydrogens (tertiary/aromatic N) is 2. The first kappa shape index (κ1) is 9.15. The summed E-state index contributed by atoms with van der Waals surface area (Å²) >= 11 is 3.35. The quantitative estimate of drug-likeness (QED) is 0.481. The van der Waals surface area contributed by atoms with Crippen molar-refractivity contribution in [2.45, 2.75) is 0 Å². The van der Waals surface area contributed by atoms with Gasteiger partial charge in [-0.2, -0.15) is 0 Å². The Labute approximate surface area is 89.2 Å². The molecule has 0 radical (unpaired) electrons. The predicted molar refractivity (Wildman–Crippen MR) is 58.8 cm³/mol. The van der Waals surface area contributed by atoms with Gasteiger partial charge in [0.05, 0.1) is 11.7 Å². The maximum atomic E-state index is 8.39. The molecule has 0 aliphatic rings. The van der Waals surface area contributed by atoms with Crippen LogP contribution in [0.4, 0.5) is 0 Å². The summed E-state index contributed by atoms with van der Waals surface area (Å²) in [5.74, 6) is 0. The predicted octanol–water partition coefficient (Wildman–Crippen LogP) is 2.81. The van der Waals surface area contributed by atoms with E-state index in [9.17, 15) is 0 Å². The van der Waals surface area contributed by atoms with Crippen molar-refractivity contribution in [3.63, 3.8) is 0 Å². The van der Waals surface area contributed by atoms with Gasteiger partial charge in [0.1, 0.15) is 0 Å². The van der Waals surface area contributed by atoms with Gasteiger partial charge in [0, 0.05) is 16.1 Å². The van der Waals surface area contributed by atoms with Gasteiger partial charge in [-0.1, -0.05) is 11.2 Å². The summed E-state index contributed by atoms with van der Waals surface area (Å²) in [7, 11) is 0. The van der Waals surface area contributed by atoms with Gasteiger partial charge in [-0.25, -0.2) is 0 Å². The molecule has 3 nitrogen and oxygen atoms in total. The van der Waals surface area contributed by atoms with Crippen LogP contribution in [-0.2, 0) is 0 Å². The lowest BCUT2D eigenvalue weighted by Crippen LogP contribution is -1.83. The summed E-state index contributed by atoms with van der Waals surface area (Å²) in [6.45, 7) is 0. The maximum absolute atomic E-state index is 8.39. The highest BCUT2D eigenvalue weighted by Crippen LogP contribution is 2.17. The lowest BCUT2D eigenvalue weighted by molar-refractivity contribution is 0.322. The van der Waals surface area contributed by atoms with Crippen LogP contribution in [0.1, 0.15) is 5.56 Å². The third kappa shape index (κ3) is 1.75. The van der Waals surface area contributed by atoms with E-state index in [2.05, 4.69) is 26.1 Å². The monoisotopic (exact) mass is 250 g/mol. The molecule has 0 fully saturated rings. The van der Waals surface area contributed by atoms with Crippen LogP contribution in [0.25, 0.3) is 10.9 Å². The molecule has 0 spiro atoms. The molecule has 1 aromatic carbocycles. The number of hydrogen-bond donors (Lipinski definition) is 1. The van der Waals surface area contributed by atoms with Gasteiger partial charge in [0.2, 0.25) is 0 Å². The number of halogens is 1. The molecule has 0 bridgehead atoms. The Kier molecular flexibility index (Phi) is 2.45. The molecule has 0 aliphatic heterocycles. The Morgan fingerprint density at radius 2 is 2.21 bits per heavy atom. The summed E-state index contributed by atoms with van der Waals surface area (Å²) in [5.41, 5.74) is 1.77. The zero-order valence-electron chi connectivity index (χ0n) is 7.18. The molecule has 0 aliphatic carbocycles. The summed E-state index contributed by atoms with van der Waals surface area (Å²) in [6.07, 6.45) is 3.14. The molecule has 0 amide bonds. The molecule has 1 aromatic heterocycles. The fraction of sp³-hybridized carbons (Fsp3) is 0. The molecule has 2 aromatic rings. The van der Waals surface area contributed by atoms with Gasteiger partial charge in [0.15, 0.2) is 0 Å². The van der Waals surface area contributed by atoms with E-state index in [0.29, 0.717) is 0 Å². The first-order valence-corrected chi connectivity index (χ1v) is 4.81. The van der Waals surface area contributed by atoms with Crippen LogP contribution >= 0.6 is 15.9 Å². The second kappa shape index (κ2) is 3.75. The van der Waals surface area contributed by atoms with E-state index in [1.54, 1.807) is 6.20 Å². The molecule has 0 saturated heterocycles. The molecule has 2 rings (SSSR count). The van der Waals surface area contributed by atoms with Crippen molar-refractivity contribution in [1.82, 2.24) is 4.98 Å². The molecular formula is C10H7BrN2O. The maximum Gasteiger partial charge on any atom is 0.0734 e.